The summed E-state index contributed by atoms with van der Waals surface area (Å²) >= 11 is 0. The smallest absolute Gasteiger partial charge is 0.416 e. The lowest BCUT2D eigenvalue weighted by atomic mass is 10.1. The highest BCUT2D eigenvalue weighted by Gasteiger charge is 2.33. The first kappa shape index (κ1) is 18.4. The van der Waals surface area contributed by atoms with Gasteiger partial charge in [0.2, 0.25) is 0 Å². The van der Waals surface area contributed by atoms with Crippen molar-refractivity contribution in [2.45, 2.75) is 26.4 Å². The molecule has 126 valence electrons. The number of nitrogens with zero attached hydrogens (tertiary/aromatic N) is 2. The fraction of sp³-hybridized carbons (Fsp3) is 0.385. The number of nitro groups is 1. The first-order valence-corrected chi connectivity index (χ1v) is 6.45. The second-order valence-corrected chi connectivity index (χ2v) is 4.43. The topological polar surface area (TPSA) is 93.8 Å². The highest BCUT2D eigenvalue weighted by atomic mass is 19.4. The maximum Gasteiger partial charge on any atom is 0.416 e. The van der Waals surface area contributed by atoms with Crippen LogP contribution in [-0.4, -0.2) is 23.2 Å². The molecule has 0 amide bonds. The van der Waals surface area contributed by atoms with Crippen molar-refractivity contribution >= 4 is 23.1 Å². The number of benzene rings is 1. The number of anilines is 1. The van der Waals surface area contributed by atoms with Gasteiger partial charge in [-0.1, -0.05) is 0 Å². The minimum Gasteiger partial charge on any atom is -0.466 e. The number of rotatable bonds is 6. The Morgan fingerprint density at radius 3 is 2.61 bits per heavy atom. The van der Waals surface area contributed by atoms with E-state index in [2.05, 4.69) is 10.5 Å². The standard InChI is InChI=1S/C13H14F3N3O4/c1-3-23-12(20)6-8(2)17-18-10-5-4-9(13(14,15)16)7-11(10)19(21)22/h4-5,7,18H,3,6H2,1-2H3. The maximum atomic E-state index is 12.6. The average molecular weight is 333 g/mol. The van der Waals surface area contributed by atoms with E-state index < -0.39 is 28.3 Å². The summed E-state index contributed by atoms with van der Waals surface area (Å²) in [4.78, 5) is 21.2. The predicted octanol–water partition coefficient (Wildman–Crippen LogP) is 3.35. The maximum absolute atomic E-state index is 12.6. The van der Waals surface area contributed by atoms with Crippen molar-refractivity contribution in [3.63, 3.8) is 0 Å². The first-order valence-electron chi connectivity index (χ1n) is 6.45. The van der Waals surface area contributed by atoms with Crippen LogP contribution in [0.2, 0.25) is 0 Å². The number of carbonyl (C=O) groups is 1. The third-order valence-corrected chi connectivity index (χ3v) is 2.59. The lowest BCUT2D eigenvalue weighted by molar-refractivity contribution is -0.384. The summed E-state index contributed by atoms with van der Waals surface area (Å²) in [7, 11) is 0. The SMILES string of the molecule is CCOC(=O)CC(C)=NNc1ccc(C(F)(F)F)cc1[N+](=O)[O-]. The van der Waals surface area contributed by atoms with Crippen molar-refractivity contribution in [2.24, 2.45) is 5.10 Å². The van der Waals surface area contributed by atoms with Gasteiger partial charge in [0.15, 0.2) is 0 Å². The highest BCUT2D eigenvalue weighted by Crippen LogP contribution is 2.34. The lowest BCUT2D eigenvalue weighted by Crippen LogP contribution is -2.10. The molecule has 0 saturated heterocycles. The van der Waals surface area contributed by atoms with Crippen LogP contribution in [0.15, 0.2) is 23.3 Å². The van der Waals surface area contributed by atoms with Gasteiger partial charge in [-0.25, -0.2) is 0 Å². The Bertz CT molecular complexity index is 629. The molecule has 0 spiro atoms. The van der Waals surface area contributed by atoms with Crippen molar-refractivity contribution in [2.75, 3.05) is 12.0 Å². The molecule has 0 saturated carbocycles. The van der Waals surface area contributed by atoms with Crippen molar-refractivity contribution in [3.8, 4) is 0 Å². The molecule has 0 fully saturated rings. The van der Waals surface area contributed by atoms with E-state index in [9.17, 15) is 28.1 Å². The summed E-state index contributed by atoms with van der Waals surface area (Å²) in [6, 6.07) is 2.02. The molecule has 0 aromatic heterocycles. The highest BCUT2D eigenvalue weighted by molar-refractivity contribution is 5.97. The van der Waals surface area contributed by atoms with Gasteiger partial charge in [-0.3, -0.25) is 20.3 Å². The third-order valence-electron chi connectivity index (χ3n) is 2.59. The van der Waals surface area contributed by atoms with Crippen LogP contribution < -0.4 is 5.43 Å². The van der Waals surface area contributed by atoms with E-state index >= 15 is 0 Å². The summed E-state index contributed by atoms with van der Waals surface area (Å²) in [6.45, 7) is 3.30. The van der Waals surface area contributed by atoms with Crippen molar-refractivity contribution in [1.82, 2.24) is 0 Å². The average Bonchev–Trinajstić information content (AvgIpc) is 2.44. The van der Waals surface area contributed by atoms with Gasteiger partial charge in [0.25, 0.3) is 5.69 Å². The number of ether oxygens (including phenoxy) is 1. The molecule has 1 rings (SSSR count). The molecular weight excluding hydrogens is 319 g/mol. The monoisotopic (exact) mass is 333 g/mol. The Balaban J connectivity index is 2.96. The largest absolute Gasteiger partial charge is 0.466 e. The van der Waals surface area contributed by atoms with Crippen molar-refractivity contribution in [1.29, 1.82) is 0 Å². The third kappa shape index (κ3) is 5.57. The second kappa shape index (κ2) is 7.56. The zero-order chi connectivity index (χ0) is 17.6. The normalized spacial score (nSPS) is 12.0. The zero-order valence-corrected chi connectivity index (χ0v) is 12.3. The molecule has 23 heavy (non-hydrogen) atoms. The van der Waals surface area contributed by atoms with E-state index in [1.54, 1.807) is 6.92 Å². The lowest BCUT2D eigenvalue weighted by Gasteiger charge is -2.09. The van der Waals surface area contributed by atoms with Crippen LogP contribution >= 0.6 is 0 Å². The predicted molar refractivity (Wildman–Crippen MR) is 76.1 cm³/mol. The fourth-order valence-electron chi connectivity index (χ4n) is 1.57. The van der Waals surface area contributed by atoms with Gasteiger partial charge in [0, 0.05) is 11.8 Å². The molecule has 1 aromatic carbocycles. The number of hydrogen-bond acceptors (Lipinski definition) is 6. The van der Waals surface area contributed by atoms with Crippen LogP contribution in [0, 0.1) is 10.1 Å². The molecule has 0 unspecified atom stereocenters. The number of hydrogen-bond donors (Lipinski definition) is 1. The fourth-order valence-corrected chi connectivity index (χ4v) is 1.57. The Hall–Kier alpha value is -2.65. The van der Waals surface area contributed by atoms with Gasteiger partial charge in [0.1, 0.15) is 5.69 Å². The Kier molecular flexibility index (Phi) is 6.05. The second-order valence-electron chi connectivity index (χ2n) is 4.43. The summed E-state index contributed by atoms with van der Waals surface area (Å²) in [6.07, 6.45) is -4.83. The summed E-state index contributed by atoms with van der Waals surface area (Å²) in [5.74, 6) is -0.530. The molecule has 0 radical (unpaired) electrons. The van der Waals surface area contributed by atoms with E-state index in [0.717, 1.165) is 6.07 Å². The van der Waals surface area contributed by atoms with E-state index in [-0.39, 0.29) is 24.4 Å². The minimum absolute atomic E-state index is 0.144. The van der Waals surface area contributed by atoms with Gasteiger partial charge in [-0.2, -0.15) is 18.3 Å². The molecule has 10 heteroatoms. The van der Waals surface area contributed by atoms with Crippen LogP contribution in [0.25, 0.3) is 0 Å². The van der Waals surface area contributed by atoms with Gasteiger partial charge in [-0.05, 0) is 26.0 Å². The number of nitrogens with one attached hydrogen (secondary N) is 1. The van der Waals surface area contributed by atoms with Crippen LogP contribution in [0.1, 0.15) is 25.8 Å². The van der Waals surface area contributed by atoms with Gasteiger partial charge in [0.05, 0.1) is 23.5 Å². The van der Waals surface area contributed by atoms with Gasteiger partial charge >= 0.3 is 12.1 Å². The zero-order valence-electron chi connectivity index (χ0n) is 12.3. The molecule has 0 aliphatic heterocycles. The van der Waals surface area contributed by atoms with Crippen LogP contribution in [0.4, 0.5) is 24.5 Å². The number of hydrazone groups is 1. The number of carbonyl (C=O) groups excluding carboxylic acids is 1. The summed E-state index contributed by atoms with van der Waals surface area (Å²) < 4.78 is 42.4. The minimum atomic E-state index is -4.69. The van der Waals surface area contributed by atoms with E-state index in [1.165, 1.54) is 6.92 Å². The van der Waals surface area contributed by atoms with Gasteiger partial charge < -0.3 is 4.74 Å². The molecule has 1 N–H and O–H groups in total. The Morgan fingerprint density at radius 1 is 1.43 bits per heavy atom. The molecule has 0 atom stereocenters. The number of alkyl halides is 3. The van der Waals surface area contributed by atoms with E-state index in [1.807, 2.05) is 0 Å². The molecular formula is C13H14F3N3O4. The quantitative estimate of drug-likeness (QED) is 0.373. The molecule has 0 bridgehead atoms. The summed E-state index contributed by atoms with van der Waals surface area (Å²) in [5.41, 5.74) is 0.429. The van der Waals surface area contributed by atoms with Crippen molar-refractivity contribution < 1.29 is 27.6 Å². The van der Waals surface area contributed by atoms with Crippen LogP contribution in [-0.2, 0) is 15.7 Å². The Labute approximate surface area is 129 Å². The van der Waals surface area contributed by atoms with Crippen LogP contribution in [0.5, 0.6) is 0 Å². The van der Waals surface area contributed by atoms with E-state index in [0.29, 0.717) is 12.1 Å². The van der Waals surface area contributed by atoms with E-state index in [4.69, 9.17) is 4.74 Å². The van der Waals surface area contributed by atoms with Crippen molar-refractivity contribution in [3.05, 3.63) is 33.9 Å². The van der Waals surface area contributed by atoms with Crippen LogP contribution in [0.3, 0.4) is 0 Å². The number of esters is 1. The molecule has 7 nitrogen and oxygen atoms in total. The summed E-state index contributed by atoms with van der Waals surface area (Å²) in [5, 5.41) is 14.6. The van der Waals surface area contributed by atoms with Gasteiger partial charge in [-0.15, -0.1) is 0 Å². The molecule has 0 aliphatic carbocycles. The molecule has 0 heterocycles. The first-order chi connectivity index (χ1) is 10.6. The number of halogens is 3. The Morgan fingerprint density at radius 2 is 2.09 bits per heavy atom. The molecule has 0 aliphatic rings. The molecule has 1 aromatic rings. The number of nitro benzene ring substituents is 1.